The Balaban J connectivity index is 0.000000226. The standard InChI is InChI=1S/3C17H22N6O/c3*1-11-5-6-23(15(24)8-18-3)9-14(11)22(4)17-13-7-12(2)21-16(13)19-10-20-17/h3*7,10-11,14H,5-6,8-9H2,1-2,4H3,(H,19,20,21)/t3*11-,14+/m111/s1/i1D3,5D2,6D2,7D,8D2,9D2,10D,11D;5D2,6D2,7D,8D2,9D2,10D,14D;5D2,6D2,7D,8D2,9D2,10D,11D. The molecule has 0 spiro atoms. The second kappa shape index (κ2) is 22.9. The Hall–Kier alpha value is -7.86. The summed E-state index contributed by atoms with van der Waals surface area (Å²) in [4.78, 5) is 79.1. The largest absolute Gasteiger partial charge is 0.354 e. The van der Waals surface area contributed by atoms with E-state index < -0.39 is 168 Å². The van der Waals surface area contributed by atoms with E-state index in [1.54, 1.807) is 6.92 Å². The number of hydrogen-bond acceptors (Lipinski definition) is 12. The predicted molar refractivity (Wildman–Crippen MR) is 278 cm³/mol. The van der Waals surface area contributed by atoms with Crippen LogP contribution in [-0.4, -0.2) is 175 Å². The number of carbonyl (C=O) groups is 3. The minimum atomic E-state index is -3.95. The van der Waals surface area contributed by atoms with Gasteiger partial charge in [-0.1, -0.05) is 20.7 Å². The predicted octanol–water partition coefficient (Wildman–Crippen LogP) is 5.58. The number of carbonyl (C=O) groups excluding carboxylic acids is 3. The van der Waals surface area contributed by atoms with Gasteiger partial charge in [-0.15, -0.1) is 0 Å². The van der Waals surface area contributed by atoms with Gasteiger partial charge >= 0.3 is 17.7 Å². The van der Waals surface area contributed by atoms with Crippen LogP contribution in [0.15, 0.2) is 37.0 Å². The SMILES string of the molecule is [2H]c1nc(N(C)[C@H]2C([2H])([2H])N(C(=O)C([2H])([2H])[N+]#[C-])C([2H])([2H])C([2H])([2H])[C@@]2([2H])C([2H])([2H])[2H])c2c([2H])c(C)[nH]c2n1.[2H]c1nc(N(C)[C@H]2C([2H])([2H])N(C(=O)C([2H])([2H])[N+]#[C-])C([2H])([2H])C([2H])([2H])[C@@]2([2H])C)c2c([2H])c(C)[nH]c2n1.[2H]c1nc(N(C)[C@]2([2H])[C@H](C)C([2H])([2H])C([2H])([2H])N(C(=O)C([2H])([2H])[N+]#[C-])C2([2H])[2H])c2c([2H])c(C)[nH]c2n1. The molecule has 9 rings (SSSR count). The van der Waals surface area contributed by atoms with E-state index >= 15 is 0 Å². The van der Waals surface area contributed by atoms with Gasteiger partial charge in [0.15, 0.2) is 0 Å². The third-order valence-electron chi connectivity index (χ3n) is 10.3. The fourth-order valence-electron chi connectivity index (χ4n) is 6.91. The number of aromatic amines is 3. The Morgan fingerprint density at radius 3 is 1.40 bits per heavy atom. The van der Waals surface area contributed by atoms with E-state index in [0.29, 0.717) is 16.3 Å². The Bertz CT molecular complexity index is 4790. The molecule has 6 atom stereocenters. The minimum absolute atomic E-state index is 0.0147. The number of H-pyrrole nitrogens is 3. The van der Waals surface area contributed by atoms with Gasteiger partial charge in [0.05, 0.1) is 48.0 Å². The lowest BCUT2D eigenvalue weighted by Gasteiger charge is -2.41. The second-order valence-electron chi connectivity index (χ2n) is 15.2. The summed E-state index contributed by atoms with van der Waals surface area (Å²) in [5, 5.41) is -0.150. The lowest BCUT2D eigenvalue weighted by Crippen LogP contribution is -2.53. The second-order valence-corrected chi connectivity index (χ2v) is 15.2. The molecule has 9 heterocycles. The van der Waals surface area contributed by atoms with Crippen molar-refractivity contribution in [2.45, 2.75) is 78.7 Å². The number of aromatic nitrogens is 9. The zero-order valence-corrected chi connectivity index (χ0v) is 39.2. The molecule has 0 unspecified atom stereocenters. The normalized spacial score (nSPS) is 38.3. The Kier molecular flexibility index (Phi) is 7.23. The third-order valence-corrected chi connectivity index (χ3v) is 10.3. The molecule has 6 aromatic rings. The van der Waals surface area contributed by atoms with Crippen molar-refractivity contribution in [3.63, 3.8) is 0 Å². The lowest BCUT2D eigenvalue weighted by atomic mass is 9.92. The number of likely N-dealkylation sites (tertiary alicyclic amines) is 3. The number of nitrogens with zero attached hydrogens (tertiary/aromatic N) is 15. The number of hydrogen-bond donors (Lipinski definition) is 3. The van der Waals surface area contributed by atoms with Crippen LogP contribution in [0.3, 0.4) is 0 Å². The highest BCUT2D eigenvalue weighted by Gasteiger charge is 2.36. The van der Waals surface area contributed by atoms with Crippen molar-refractivity contribution in [1.82, 2.24) is 59.6 Å². The van der Waals surface area contributed by atoms with Crippen LogP contribution in [0.25, 0.3) is 47.6 Å². The Labute approximate surface area is 471 Å². The number of nitrogens with one attached hydrogen (secondary N) is 3. The molecule has 3 aliphatic rings. The fraction of sp³-hybridized carbons (Fsp3) is 0.529. The average Bonchev–Trinajstić information content (AvgIpc) is 0.704. The topological polar surface area (TPSA) is 208 Å². The summed E-state index contributed by atoms with van der Waals surface area (Å²) in [6, 6.07) is -8.09. The van der Waals surface area contributed by atoms with Crippen molar-refractivity contribution >= 4 is 68.3 Å². The highest BCUT2D eigenvalue weighted by molar-refractivity contribution is 5.90. The summed E-state index contributed by atoms with van der Waals surface area (Å²) in [6.45, 7) is -8.16. The van der Waals surface area contributed by atoms with E-state index in [2.05, 4.69) is 59.4 Å². The van der Waals surface area contributed by atoms with E-state index in [-0.39, 0.29) is 78.4 Å². The van der Waals surface area contributed by atoms with Gasteiger partial charge in [-0.3, -0.25) is 14.4 Å². The van der Waals surface area contributed by atoms with Crippen molar-refractivity contribution in [3.05, 3.63) is 88.4 Å². The summed E-state index contributed by atoms with van der Waals surface area (Å²) >= 11 is 0. The summed E-state index contributed by atoms with van der Waals surface area (Å²) in [5.41, 5.74) is 0.866. The summed E-state index contributed by atoms with van der Waals surface area (Å²) < 4.78 is 298. The summed E-state index contributed by atoms with van der Waals surface area (Å²) in [7, 11) is 3.26. The molecule has 3 fully saturated rings. The Morgan fingerprint density at radius 1 is 0.639 bits per heavy atom. The van der Waals surface area contributed by atoms with Crippen molar-refractivity contribution in [2.24, 2.45) is 17.7 Å². The van der Waals surface area contributed by atoms with E-state index in [9.17, 15) is 15.8 Å². The first-order valence-corrected chi connectivity index (χ1v) is 20.7. The van der Waals surface area contributed by atoms with Crippen molar-refractivity contribution in [1.29, 1.82) is 0 Å². The maximum absolute atomic E-state index is 13.0. The van der Waals surface area contributed by atoms with Crippen LogP contribution in [0.2, 0.25) is 0 Å². The molecule has 0 aliphatic carbocycles. The molecule has 3 saturated heterocycles. The van der Waals surface area contributed by atoms with Gasteiger partial charge in [0.1, 0.15) is 65.6 Å². The van der Waals surface area contributed by atoms with Crippen LogP contribution in [0.1, 0.15) is 106 Å². The molecular formula is C51H66N18O3. The van der Waals surface area contributed by atoms with Gasteiger partial charge in [0, 0.05) is 101 Å². The molecule has 0 saturated carbocycles. The molecule has 6 aromatic heterocycles. The molecule has 3 N–H and O–H groups in total. The molecule has 378 valence electrons. The smallest absolute Gasteiger partial charge is 0.302 e. The summed E-state index contributed by atoms with van der Waals surface area (Å²) in [6.07, 6.45) is -12.1. The third kappa shape index (κ3) is 11.5. The van der Waals surface area contributed by atoms with Gasteiger partial charge in [-0.05, 0) is 75.7 Å². The van der Waals surface area contributed by atoms with Gasteiger partial charge in [0.2, 0.25) is 0 Å². The average molecular weight is 1020 g/mol. The number of rotatable bonds is 9. The maximum Gasteiger partial charge on any atom is 0.302 e. The van der Waals surface area contributed by atoms with Crippen LogP contribution in [0, 0.1) is 58.2 Å². The molecule has 0 radical (unpaired) electrons. The first-order chi connectivity index (χ1) is 48.3. The number of amides is 3. The minimum Gasteiger partial charge on any atom is -0.354 e. The first kappa shape index (κ1) is 22.7. The number of anilines is 3. The van der Waals surface area contributed by atoms with Crippen LogP contribution in [0.5, 0.6) is 0 Å². The molecule has 0 aromatic carbocycles. The highest BCUT2D eigenvalue weighted by atomic mass is 16.2. The van der Waals surface area contributed by atoms with Crippen molar-refractivity contribution < 1.29 is 63.7 Å². The number of likely N-dealkylation sites (N-methyl/N-ethyl adjacent to an activating group) is 3. The van der Waals surface area contributed by atoms with Crippen molar-refractivity contribution in [3.8, 4) is 0 Å². The maximum atomic E-state index is 13.0. The Morgan fingerprint density at radius 2 is 1.00 bits per heavy atom. The molecule has 0 bridgehead atoms. The molecule has 72 heavy (non-hydrogen) atoms. The molecule has 3 amide bonds. The highest BCUT2D eigenvalue weighted by Crippen LogP contribution is 2.32. The van der Waals surface area contributed by atoms with Gasteiger partial charge in [0.25, 0.3) is 19.5 Å². The number of aryl methyl sites for hydroxylation is 3. The molecule has 21 heteroatoms. The van der Waals surface area contributed by atoms with Crippen LogP contribution in [-0.2, 0) is 14.4 Å². The zero-order valence-electron chi connectivity index (χ0n) is 75.2. The fourth-order valence-corrected chi connectivity index (χ4v) is 6.91. The van der Waals surface area contributed by atoms with E-state index in [4.69, 9.17) is 67.7 Å². The van der Waals surface area contributed by atoms with Crippen LogP contribution in [0.4, 0.5) is 17.5 Å². The molecule has 3 aliphatic heterocycles. The van der Waals surface area contributed by atoms with E-state index in [1.807, 2.05) is 0 Å². The van der Waals surface area contributed by atoms with Crippen LogP contribution < -0.4 is 14.7 Å². The quantitative estimate of drug-likeness (QED) is 0.152. The molecule has 21 nitrogen and oxygen atoms in total. The van der Waals surface area contributed by atoms with Crippen molar-refractivity contribution in [2.75, 3.05) is 94.3 Å². The van der Waals surface area contributed by atoms with Gasteiger partial charge in [-0.2, -0.15) is 0 Å². The van der Waals surface area contributed by atoms with Gasteiger partial charge in [-0.25, -0.2) is 49.6 Å². The molecular weight excluding hydrogens is 913 g/mol. The van der Waals surface area contributed by atoms with Gasteiger partial charge < -0.3 is 58.9 Å². The zero-order chi connectivity index (χ0) is 83.8. The monoisotopic (exact) mass is 1010 g/mol. The van der Waals surface area contributed by atoms with Crippen LogP contribution >= 0.6 is 0 Å². The number of fused-ring (bicyclic) bond motifs is 3. The van der Waals surface area contributed by atoms with E-state index in [1.165, 1.54) is 20.9 Å². The summed E-state index contributed by atoms with van der Waals surface area (Å²) in [5.74, 6) is -15.3. The number of piperidine rings is 3. The first-order valence-electron chi connectivity index (χ1n) is 38.7. The van der Waals surface area contributed by atoms with E-state index in [0.717, 1.165) is 37.7 Å². The lowest BCUT2D eigenvalue weighted by molar-refractivity contribution is -0.131.